The number of hydrogen-bond donors (Lipinski definition) is 3. The van der Waals surface area contributed by atoms with Gasteiger partial charge in [0.2, 0.25) is 0 Å². The monoisotopic (exact) mass is 588 g/mol. The molecule has 3 aromatic rings. The average Bonchev–Trinajstić information content (AvgIpc) is 3.12. The van der Waals surface area contributed by atoms with Crippen LogP contribution in [0.5, 0.6) is 0 Å². The largest absolute Gasteiger partial charge is 0.399 e. The second-order valence-electron chi connectivity index (χ2n) is 10.9. The number of hydrogen-bond acceptors (Lipinski definition) is 8. The highest BCUT2D eigenvalue weighted by atomic mass is 32.2. The van der Waals surface area contributed by atoms with Crippen molar-refractivity contribution in [1.29, 1.82) is 0 Å². The molecule has 3 aromatic carbocycles. The highest BCUT2D eigenvalue weighted by Crippen LogP contribution is 2.38. The third kappa shape index (κ3) is 6.41. The quantitative estimate of drug-likeness (QED) is 0.231. The maximum atomic E-state index is 13.5. The molecule has 1 saturated carbocycles. The van der Waals surface area contributed by atoms with Crippen molar-refractivity contribution >= 4 is 39.0 Å². The van der Waals surface area contributed by atoms with Gasteiger partial charge in [0.15, 0.2) is 9.84 Å². The van der Waals surface area contributed by atoms with Gasteiger partial charge in [-0.3, -0.25) is 9.63 Å². The molecular weight excluding hydrogens is 552 g/mol. The van der Waals surface area contributed by atoms with Crippen molar-refractivity contribution in [3.05, 3.63) is 83.4 Å². The molecule has 0 radical (unpaired) electrons. The van der Waals surface area contributed by atoms with Crippen LogP contribution in [0.25, 0.3) is 17.2 Å². The molecule has 2 aliphatic rings. The molecule has 9 nitrogen and oxygen atoms in total. The van der Waals surface area contributed by atoms with Crippen LogP contribution in [-0.2, 0) is 26.1 Å². The van der Waals surface area contributed by atoms with E-state index in [-0.39, 0.29) is 36.4 Å². The zero-order valence-corrected chi connectivity index (χ0v) is 24.4. The van der Waals surface area contributed by atoms with E-state index in [4.69, 9.17) is 16.3 Å². The van der Waals surface area contributed by atoms with Crippen LogP contribution in [0.1, 0.15) is 43.7 Å². The number of aliphatic hydroxyl groups excluding tert-OH is 1. The fourth-order valence-electron chi connectivity index (χ4n) is 5.18. The number of anilines is 1. The van der Waals surface area contributed by atoms with Crippen molar-refractivity contribution in [3.8, 4) is 11.1 Å². The number of amides is 1. The van der Waals surface area contributed by atoms with Crippen molar-refractivity contribution < 1.29 is 23.2 Å². The molecule has 1 fully saturated rings. The first-order chi connectivity index (χ1) is 20.2. The summed E-state index contributed by atoms with van der Waals surface area (Å²) in [6.07, 6.45) is 3.62. The zero-order chi connectivity index (χ0) is 29.9. The first-order valence-corrected chi connectivity index (χ1v) is 15.6. The summed E-state index contributed by atoms with van der Waals surface area (Å²) in [6.45, 7) is 2.62. The predicted octanol–water partition coefficient (Wildman–Crippen LogP) is 4.63. The fourth-order valence-corrected chi connectivity index (χ4v) is 7.18. The third-order valence-corrected chi connectivity index (χ3v) is 9.85. The van der Waals surface area contributed by atoms with Gasteiger partial charge in [0.25, 0.3) is 5.91 Å². The summed E-state index contributed by atoms with van der Waals surface area (Å²) in [5.74, 6) is 0.0648. The first-order valence-electron chi connectivity index (χ1n) is 14.1. The number of nitrogens with zero attached hydrogens (tertiary/aromatic N) is 2. The maximum Gasteiger partial charge on any atom is 0.273 e. The van der Waals surface area contributed by atoms with E-state index in [0.29, 0.717) is 48.6 Å². The Kier molecular flexibility index (Phi) is 8.77. The normalized spacial score (nSPS) is 18.2. The summed E-state index contributed by atoms with van der Waals surface area (Å²) in [5.41, 5.74) is 16.9. The zero-order valence-electron chi connectivity index (χ0n) is 23.6. The Hall–Kier alpha value is -3.99. The lowest BCUT2D eigenvalue weighted by molar-refractivity contribution is -0.187. The lowest BCUT2D eigenvalue weighted by Crippen LogP contribution is -2.37. The Morgan fingerprint density at radius 1 is 1.05 bits per heavy atom. The van der Waals surface area contributed by atoms with E-state index in [1.54, 1.807) is 36.4 Å². The molecule has 5 N–H and O–H groups in total. The Labute approximate surface area is 246 Å². The number of carbonyl (C=O) groups is 1. The Balaban J connectivity index is 1.38. The second kappa shape index (κ2) is 12.5. The summed E-state index contributed by atoms with van der Waals surface area (Å²) >= 11 is 0. The van der Waals surface area contributed by atoms with Gasteiger partial charge >= 0.3 is 0 Å². The number of rotatable bonds is 10. The van der Waals surface area contributed by atoms with E-state index in [9.17, 15) is 18.3 Å². The van der Waals surface area contributed by atoms with Crippen molar-refractivity contribution in [3.63, 3.8) is 0 Å². The molecule has 42 heavy (non-hydrogen) atoms. The molecule has 0 atom stereocenters. The number of nitrogen functional groups attached to an aromatic ring is 1. The SMILES string of the molecule is CCCN(OCc1ccc(N)cc1)C(=O)C1=Cc2ccc(-c3cccc(S(=O)(=O)C4CC(CO)C4)c3)cc2N=C(N)C1. The van der Waals surface area contributed by atoms with Gasteiger partial charge in [0.1, 0.15) is 12.4 Å². The van der Waals surface area contributed by atoms with Crippen LogP contribution in [0.3, 0.4) is 0 Å². The number of aliphatic hydroxyl groups is 1. The van der Waals surface area contributed by atoms with Gasteiger partial charge in [-0.25, -0.2) is 18.5 Å². The van der Waals surface area contributed by atoms with Gasteiger partial charge in [0, 0.05) is 36.4 Å². The van der Waals surface area contributed by atoms with Gasteiger partial charge in [-0.05, 0) is 78.3 Å². The number of amidine groups is 1. The summed E-state index contributed by atoms with van der Waals surface area (Å²) < 4.78 is 26.3. The van der Waals surface area contributed by atoms with E-state index in [1.165, 1.54) is 5.06 Å². The number of fused-ring (bicyclic) bond motifs is 1. The van der Waals surface area contributed by atoms with Crippen LogP contribution < -0.4 is 11.5 Å². The predicted molar refractivity (Wildman–Crippen MR) is 164 cm³/mol. The van der Waals surface area contributed by atoms with Gasteiger partial charge in [0.05, 0.1) is 15.8 Å². The minimum Gasteiger partial charge on any atom is -0.399 e. The summed E-state index contributed by atoms with van der Waals surface area (Å²) in [5, 5.41) is 10.2. The lowest BCUT2D eigenvalue weighted by Gasteiger charge is -2.33. The van der Waals surface area contributed by atoms with Crippen molar-refractivity contribution in [2.24, 2.45) is 16.6 Å². The van der Waals surface area contributed by atoms with Crippen LogP contribution in [0.15, 0.2) is 82.2 Å². The molecule has 1 heterocycles. The number of aliphatic imine (C=N–C) groups is 1. The van der Waals surface area contributed by atoms with Crippen LogP contribution >= 0.6 is 0 Å². The molecule has 0 spiro atoms. The van der Waals surface area contributed by atoms with Gasteiger partial charge in [-0.2, -0.15) is 0 Å². The molecule has 5 rings (SSSR count). The topological polar surface area (TPSA) is 148 Å². The molecule has 0 unspecified atom stereocenters. The number of hydroxylamine groups is 2. The maximum absolute atomic E-state index is 13.5. The molecule has 0 aromatic heterocycles. The van der Waals surface area contributed by atoms with E-state index >= 15 is 0 Å². The average molecular weight is 589 g/mol. The fraction of sp³-hybridized carbons (Fsp3) is 0.312. The van der Waals surface area contributed by atoms with Crippen LogP contribution in [0, 0.1) is 5.92 Å². The van der Waals surface area contributed by atoms with E-state index < -0.39 is 15.1 Å². The number of nitrogens with two attached hydrogens (primary N) is 2. The number of sulfone groups is 1. The number of carbonyl (C=O) groups excluding carboxylic acids is 1. The Bertz CT molecular complexity index is 1630. The molecule has 10 heteroatoms. The third-order valence-electron chi connectivity index (χ3n) is 7.68. The van der Waals surface area contributed by atoms with Crippen LogP contribution in [0.4, 0.5) is 11.4 Å². The van der Waals surface area contributed by atoms with Crippen LogP contribution in [0.2, 0.25) is 0 Å². The molecule has 0 saturated heterocycles. The highest BCUT2D eigenvalue weighted by molar-refractivity contribution is 7.92. The molecule has 1 amide bonds. The minimum atomic E-state index is -3.49. The molecular formula is C32H36N4O5S. The first kappa shape index (κ1) is 29.5. The Morgan fingerprint density at radius 2 is 1.79 bits per heavy atom. The second-order valence-corrected chi connectivity index (χ2v) is 13.1. The summed E-state index contributed by atoms with van der Waals surface area (Å²) in [7, 11) is -3.49. The van der Waals surface area contributed by atoms with E-state index in [2.05, 4.69) is 4.99 Å². The van der Waals surface area contributed by atoms with Crippen LogP contribution in [-0.4, -0.2) is 48.7 Å². The molecule has 0 bridgehead atoms. The smallest absolute Gasteiger partial charge is 0.273 e. The van der Waals surface area contributed by atoms with E-state index in [0.717, 1.165) is 22.3 Å². The minimum absolute atomic E-state index is 0.0138. The summed E-state index contributed by atoms with van der Waals surface area (Å²) in [4.78, 5) is 24.3. The van der Waals surface area contributed by atoms with E-state index in [1.807, 2.05) is 43.3 Å². The van der Waals surface area contributed by atoms with Crippen molar-refractivity contribution in [1.82, 2.24) is 5.06 Å². The van der Waals surface area contributed by atoms with Gasteiger partial charge in [-0.15, -0.1) is 0 Å². The highest BCUT2D eigenvalue weighted by Gasteiger charge is 2.39. The number of benzene rings is 3. The van der Waals surface area contributed by atoms with Gasteiger partial charge in [-0.1, -0.05) is 43.3 Å². The molecule has 1 aliphatic carbocycles. The van der Waals surface area contributed by atoms with Crippen molar-refractivity contribution in [2.45, 2.75) is 49.4 Å². The standard InChI is InChI=1S/C32H36N4O5S/c1-2-12-36(41-20-21-6-10-27(33)11-7-21)32(38)26-15-25-9-8-24(17-30(25)35-31(34)18-26)23-4-3-5-28(16-23)42(39,40)29-13-22(14-29)19-37/h3-11,15-17,22,29,37H,2,12-14,18-20,33H2,1H3,(H2,34,35). The van der Waals surface area contributed by atoms with Crippen molar-refractivity contribution in [2.75, 3.05) is 18.9 Å². The molecule has 220 valence electrons. The van der Waals surface area contributed by atoms with Gasteiger partial charge < -0.3 is 16.6 Å². The summed E-state index contributed by atoms with van der Waals surface area (Å²) in [6, 6.07) is 19.8. The molecule has 1 aliphatic heterocycles. The lowest BCUT2D eigenvalue weighted by atomic mass is 9.86. The Morgan fingerprint density at radius 3 is 2.50 bits per heavy atom.